The van der Waals surface area contributed by atoms with Crippen LogP contribution in [0.2, 0.25) is 0 Å². The molecule has 45 heavy (non-hydrogen) atoms. The van der Waals surface area contributed by atoms with Crippen LogP contribution in [0.25, 0.3) is 0 Å². The number of carboxylic acid groups (broad SMARTS) is 1. The van der Waals surface area contributed by atoms with E-state index in [1.54, 1.807) is 41.0 Å². The Morgan fingerprint density at radius 2 is 1.71 bits per heavy atom. The molecule has 2 aromatic rings. The third-order valence-electron chi connectivity index (χ3n) is 8.19. The van der Waals surface area contributed by atoms with Crippen LogP contribution in [-0.2, 0) is 25.2 Å². The van der Waals surface area contributed by atoms with E-state index in [0.29, 0.717) is 29.0 Å². The number of fused-ring (bicyclic) bond motifs is 2. The zero-order valence-electron chi connectivity index (χ0n) is 25.2. The molecule has 2 aliphatic heterocycles. The first kappa shape index (κ1) is 32.3. The van der Waals surface area contributed by atoms with Crippen LogP contribution < -0.4 is 4.90 Å². The number of ether oxygens (including phenoxy) is 1. The van der Waals surface area contributed by atoms with E-state index in [0.717, 1.165) is 11.4 Å². The van der Waals surface area contributed by atoms with Crippen LogP contribution in [0.15, 0.2) is 72.0 Å². The van der Waals surface area contributed by atoms with Crippen molar-refractivity contribution in [2.45, 2.75) is 44.9 Å². The number of carbonyl (C=O) groups excluding carboxylic acids is 1. The molecule has 2 aromatic carbocycles. The number of non-ortho nitro benzene ring substituents is 2. The second-order valence-electron chi connectivity index (χ2n) is 11.6. The number of aliphatic carboxylic acids is 1. The summed E-state index contributed by atoms with van der Waals surface area (Å²) >= 11 is 0. The van der Waals surface area contributed by atoms with Gasteiger partial charge in [0.05, 0.1) is 33.4 Å². The van der Waals surface area contributed by atoms with Crippen molar-refractivity contribution in [2.75, 3.05) is 24.6 Å². The quantitative estimate of drug-likeness (QED) is 0.0634. The minimum atomic E-state index is -0.996. The van der Waals surface area contributed by atoms with Gasteiger partial charge in [-0.15, -0.1) is 0 Å². The Morgan fingerprint density at radius 3 is 2.31 bits per heavy atom. The zero-order chi connectivity index (χ0) is 33.1. The molecule has 0 fully saturated rings. The summed E-state index contributed by atoms with van der Waals surface area (Å²) in [5.41, 5.74) is 2.83. The van der Waals surface area contributed by atoms with Crippen molar-refractivity contribution in [3.8, 4) is 6.07 Å². The molecule has 2 heterocycles. The number of allylic oxidation sites excluding steroid dienone is 6. The van der Waals surface area contributed by atoms with Crippen LogP contribution in [0.3, 0.4) is 0 Å². The maximum atomic E-state index is 11.5. The molecule has 0 radical (unpaired) electrons. The Labute approximate surface area is 259 Å². The number of anilines is 1. The molecule has 0 amide bonds. The maximum Gasteiger partial charge on any atom is 0.309 e. The van der Waals surface area contributed by atoms with Gasteiger partial charge < -0.3 is 14.7 Å². The standard InChI is InChI=1S/C32H31N5O8/c1-31(2)24-17-22(36(41)42)7-9-26(24)34(14-13-30(39)40)28(31)11-5-21(19-33)6-12-29-32(3,4)25-18-23(37(43)44)8-10-27(25)35(29)15-16-45-20-38/h5-12,17-18,20H,13-16H2,1-4H3/p+1. The van der Waals surface area contributed by atoms with E-state index < -0.39 is 26.6 Å². The average molecular weight is 615 g/mol. The molecular formula is C32H32N5O8+. The average Bonchev–Trinajstić information content (AvgIpc) is 3.33. The lowest BCUT2D eigenvalue weighted by molar-refractivity contribution is -0.436. The van der Waals surface area contributed by atoms with Gasteiger partial charge in [-0.3, -0.25) is 29.8 Å². The second-order valence-corrected chi connectivity index (χ2v) is 11.6. The lowest BCUT2D eigenvalue weighted by atomic mass is 9.81. The van der Waals surface area contributed by atoms with E-state index in [2.05, 4.69) is 6.07 Å². The second kappa shape index (κ2) is 12.5. The van der Waals surface area contributed by atoms with Crippen LogP contribution >= 0.6 is 0 Å². The molecule has 0 bridgehead atoms. The number of hydrogen-bond donors (Lipinski definition) is 1. The summed E-state index contributed by atoms with van der Waals surface area (Å²) in [5.74, 6) is -0.996. The van der Waals surface area contributed by atoms with Gasteiger partial charge in [-0.25, -0.2) is 0 Å². The number of hydrogen-bond acceptors (Lipinski definition) is 9. The molecular weight excluding hydrogens is 582 g/mol. The fourth-order valence-electron chi connectivity index (χ4n) is 5.90. The highest BCUT2D eigenvalue weighted by Gasteiger charge is 2.45. The van der Waals surface area contributed by atoms with Crippen molar-refractivity contribution >= 4 is 40.9 Å². The van der Waals surface area contributed by atoms with Gasteiger partial charge in [-0.2, -0.15) is 9.84 Å². The Hall–Kier alpha value is -5.64. The number of rotatable bonds is 12. The zero-order valence-corrected chi connectivity index (χ0v) is 25.2. The first-order valence-electron chi connectivity index (χ1n) is 14.0. The van der Waals surface area contributed by atoms with Crippen LogP contribution in [0.4, 0.5) is 22.7 Å². The SMILES string of the molecule is CC1(C)C(/C=C/C(C#N)=C/C=C2/N(CCOC=O)c3ccc([N+](=O)[O-])cc3C2(C)C)=[N+](CCC(=O)O)c2ccc([N+](=O)[O-])cc21. The van der Waals surface area contributed by atoms with Gasteiger partial charge >= 0.3 is 5.97 Å². The lowest BCUT2D eigenvalue weighted by Crippen LogP contribution is -2.29. The maximum absolute atomic E-state index is 11.5. The van der Waals surface area contributed by atoms with Crippen molar-refractivity contribution < 1.29 is 33.9 Å². The normalized spacial score (nSPS) is 17.3. The van der Waals surface area contributed by atoms with Crippen molar-refractivity contribution in [1.82, 2.24) is 0 Å². The Bertz CT molecular complexity index is 1760. The predicted octanol–water partition coefficient (Wildman–Crippen LogP) is 5.21. The van der Waals surface area contributed by atoms with Gasteiger partial charge in [0, 0.05) is 58.8 Å². The predicted molar refractivity (Wildman–Crippen MR) is 165 cm³/mol. The summed E-state index contributed by atoms with van der Waals surface area (Å²) in [5, 5.41) is 42.4. The van der Waals surface area contributed by atoms with Crippen molar-refractivity contribution in [3.63, 3.8) is 0 Å². The molecule has 0 unspecified atom stereocenters. The van der Waals surface area contributed by atoms with Crippen molar-refractivity contribution in [3.05, 3.63) is 103 Å². The van der Waals surface area contributed by atoms with Crippen LogP contribution in [0.1, 0.15) is 45.2 Å². The molecule has 0 saturated heterocycles. The monoisotopic (exact) mass is 614 g/mol. The van der Waals surface area contributed by atoms with E-state index in [1.165, 1.54) is 24.3 Å². The highest BCUT2D eigenvalue weighted by Crippen LogP contribution is 2.49. The minimum absolute atomic E-state index is 0.0571. The molecule has 13 nitrogen and oxygen atoms in total. The Morgan fingerprint density at radius 1 is 1.07 bits per heavy atom. The van der Waals surface area contributed by atoms with Gasteiger partial charge in [-0.1, -0.05) is 13.8 Å². The summed E-state index contributed by atoms with van der Waals surface area (Å²) < 4.78 is 6.73. The van der Waals surface area contributed by atoms with Crippen LogP contribution in [0.5, 0.6) is 0 Å². The van der Waals surface area contributed by atoms with Crippen molar-refractivity contribution in [2.24, 2.45) is 0 Å². The summed E-state index contributed by atoms with van der Waals surface area (Å²) in [7, 11) is 0. The molecule has 0 atom stereocenters. The molecule has 0 saturated carbocycles. The van der Waals surface area contributed by atoms with E-state index in [9.17, 15) is 40.2 Å². The fraction of sp³-hybridized carbons (Fsp3) is 0.312. The summed E-state index contributed by atoms with van der Waals surface area (Å²) in [6, 6.07) is 11.2. The molecule has 4 rings (SSSR count). The number of nitro groups is 2. The number of nitrogens with zero attached hydrogens (tertiary/aromatic N) is 5. The largest absolute Gasteiger partial charge is 0.481 e. The first-order valence-corrected chi connectivity index (χ1v) is 14.0. The van der Waals surface area contributed by atoms with Gasteiger partial charge in [-0.05, 0) is 43.7 Å². The van der Waals surface area contributed by atoms with Crippen LogP contribution in [-0.4, -0.2) is 57.4 Å². The molecule has 232 valence electrons. The van der Waals surface area contributed by atoms with E-state index in [4.69, 9.17) is 4.74 Å². The third kappa shape index (κ3) is 6.21. The van der Waals surface area contributed by atoms with E-state index in [1.807, 2.05) is 32.6 Å². The van der Waals surface area contributed by atoms with Gasteiger partial charge in [0.1, 0.15) is 13.0 Å². The molecule has 0 spiro atoms. The molecule has 1 N–H and O–H groups in total. The van der Waals surface area contributed by atoms with Gasteiger partial charge in [0.2, 0.25) is 5.69 Å². The highest BCUT2D eigenvalue weighted by atomic mass is 16.6. The Kier molecular flexibility index (Phi) is 8.99. The fourth-order valence-corrected chi connectivity index (χ4v) is 5.90. The highest BCUT2D eigenvalue weighted by molar-refractivity contribution is 6.03. The number of nitriles is 1. The summed E-state index contributed by atoms with van der Waals surface area (Å²) in [6.07, 6.45) is 6.51. The number of carbonyl (C=O) groups is 2. The third-order valence-corrected chi connectivity index (χ3v) is 8.19. The first-order chi connectivity index (χ1) is 21.2. The number of nitro benzene ring substituents is 2. The summed E-state index contributed by atoms with van der Waals surface area (Å²) in [4.78, 5) is 46.1. The minimum Gasteiger partial charge on any atom is -0.481 e. The van der Waals surface area contributed by atoms with Crippen molar-refractivity contribution in [1.29, 1.82) is 5.26 Å². The van der Waals surface area contributed by atoms with Crippen LogP contribution in [0, 0.1) is 31.6 Å². The molecule has 0 aromatic heterocycles. The molecule has 0 aliphatic carbocycles. The van der Waals surface area contributed by atoms with Gasteiger partial charge in [0.25, 0.3) is 17.8 Å². The summed E-state index contributed by atoms with van der Waals surface area (Å²) in [6.45, 7) is 8.39. The lowest BCUT2D eigenvalue weighted by Gasteiger charge is -2.26. The molecule has 2 aliphatic rings. The smallest absolute Gasteiger partial charge is 0.309 e. The number of benzene rings is 2. The Balaban J connectivity index is 1.76. The number of carboxylic acids is 1. The van der Waals surface area contributed by atoms with E-state index in [-0.39, 0.29) is 43.1 Å². The van der Waals surface area contributed by atoms with Gasteiger partial charge in [0.15, 0.2) is 12.3 Å². The topological polar surface area (TPSA) is 180 Å². The van der Waals surface area contributed by atoms with E-state index >= 15 is 0 Å². The molecule has 13 heteroatoms.